The molecule has 0 spiro atoms. The van der Waals surface area contributed by atoms with Crippen LogP contribution in [-0.4, -0.2) is 15.2 Å². The topological polar surface area (TPSA) is 29.4 Å². The van der Waals surface area contributed by atoms with Gasteiger partial charge in [0.05, 0.1) is 4.75 Å². The van der Waals surface area contributed by atoms with Gasteiger partial charge in [0.2, 0.25) is 0 Å². The molecule has 1 aromatic carbocycles. The summed E-state index contributed by atoms with van der Waals surface area (Å²) in [5.74, 6) is 0. The monoisotopic (exact) mass is 257 g/mol. The van der Waals surface area contributed by atoms with Gasteiger partial charge in [-0.3, -0.25) is 0 Å². The van der Waals surface area contributed by atoms with Gasteiger partial charge in [0, 0.05) is 11.2 Å². The number of halogens is 1. The lowest BCUT2D eigenvalue weighted by atomic mass is 10.1. The van der Waals surface area contributed by atoms with Crippen LogP contribution in [0.25, 0.3) is 0 Å². The van der Waals surface area contributed by atoms with E-state index in [9.17, 15) is 4.21 Å². The van der Waals surface area contributed by atoms with E-state index >= 15 is 0 Å². The van der Waals surface area contributed by atoms with Crippen molar-refractivity contribution < 1.29 is 4.21 Å². The first kappa shape index (κ1) is 13.4. The number of hydrogen-bond acceptors (Lipinski definition) is 1. The predicted octanol–water partition coefficient (Wildman–Crippen LogP) is 3.53. The van der Waals surface area contributed by atoms with Crippen molar-refractivity contribution in [3.05, 3.63) is 34.3 Å². The average Bonchev–Trinajstić information content (AvgIpc) is 2.14. The minimum Gasteiger partial charge on any atom is -0.234 e. The molecule has 1 atom stereocenters. The number of nitrogens with zero attached hydrogens (tertiary/aromatic N) is 1. The zero-order valence-electron chi connectivity index (χ0n) is 9.95. The van der Waals surface area contributed by atoms with Crippen molar-refractivity contribution in [3.8, 4) is 0 Å². The smallest absolute Gasteiger partial charge is 0.144 e. The first-order chi connectivity index (χ1) is 7.30. The summed E-state index contributed by atoms with van der Waals surface area (Å²) in [7, 11) is -1.21. The molecule has 0 amide bonds. The Balaban J connectivity index is 2.89. The van der Waals surface area contributed by atoms with E-state index in [1.165, 1.54) is 0 Å². The van der Waals surface area contributed by atoms with E-state index < -0.39 is 11.0 Å². The highest BCUT2D eigenvalue weighted by atomic mass is 35.5. The zero-order valence-corrected chi connectivity index (χ0v) is 11.5. The molecule has 0 N–H and O–H groups in total. The number of rotatable bonds is 2. The lowest BCUT2D eigenvalue weighted by Gasteiger charge is -2.12. The molecule has 0 unspecified atom stereocenters. The van der Waals surface area contributed by atoms with Gasteiger partial charge in [-0.25, -0.2) is 4.21 Å². The van der Waals surface area contributed by atoms with Crippen LogP contribution in [0.4, 0.5) is 0 Å². The second-order valence-electron chi connectivity index (χ2n) is 4.60. The Bertz CT molecular complexity index is 435. The Morgan fingerprint density at radius 2 is 2.00 bits per heavy atom. The SMILES string of the molecule is Cc1cc(Cl)ccc1C=N[S@](=O)C(C)(C)C. The molecule has 0 bridgehead atoms. The summed E-state index contributed by atoms with van der Waals surface area (Å²) in [6, 6.07) is 5.54. The van der Waals surface area contributed by atoms with E-state index in [1.807, 2.05) is 39.8 Å². The molecule has 0 radical (unpaired) electrons. The van der Waals surface area contributed by atoms with Gasteiger partial charge in [-0.1, -0.05) is 17.7 Å². The fourth-order valence-corrected chi connectivity index (χ4v) is 1.80. The Kier molecular flexibility index (Phi) is 4.28. The molecule has 88 valence electrons. The summed E-state index contributed by atoms with van der Waals surface area (Å²) in [5.41, 5.74) is 1.98. The summed E-state index contributed by atoms with van der Waals surface area (Å²) in [5, 5.41) is 0.701. The molecule has 0 fully saturated rings. The molecule has 0 aliphatic rings. The molecule has 0 aliphatic heterocycles. The number of aryl methyl sites for hydroxylation is 1. The first-order valence-corrected chi connectivity index (χ1v) is 6.51. The van der Waals surface area contributed by atoms with Crippen LogP contribution >= 0.6 is 11.6 Å². The van der Waals surface area contributed by atoms with Crippen LogP contribution in [-0.2, 0) is 11.0 Å². The largest absolute Gasteiger partial charge is 0.234 e. The minimum absolute atomic E-state index is 0.323. The van der Waals surface area contributed by atoms with E-state index in [0.717, 1.165) is 11.1 Å². The molecule has 16 heavy (non-hydrogen) atoms. The summed E-state index contributed by atoms with van der Waals surface area (Å²) in [4.78, 5) is 0. The van der Waals surface area contributed by atoms with Gasteiger partial charge in [-0.05, 0) is 51.0 Å². The van der Waals surface area contributed by atoms with Crippen molar-refractivity contribution in [2.24, 2.45) is 4.40 Å². The molecule has 0 saturated heterocycles. The fraction of sp³-hybridized carbons (Fsp3) is 0.417. The normalized spacial score (nSPS) is 14.3. The van der Waals surface area contributed by atoms with E-state index in [4.69, 9.17) is 11.6 Å². The van der Waals surface area contributed by atoms with Crippen LogP contribution in [0.3, 0.4) is 0 Å². The van der Waals surface area contributed by atoms with E-state index in [-0.39, 0.29) is 4.75 Å². The fourth-order valence-electron chi connectivity index (χ4n) is 1.05. The van der Waals surface area contributed by atoms with Crippen molar-refractivity contribution in [1.82, 2.24) is 0 Å². The van der Waals surface area contributed by atoms with Crippen LogP contribution < -0.4 is 0 Å². The highest BCUT2D eigenvalue weighted by Gasteiger charge is 2.18. The quantitative estimate of drug-likeness (QED) is 0.746. The van der Waals surface area contributed by atoms with E-state index in [1.54, 1.807) is 12.3 Å². The summed E-state index contributed by atoms with van der Waals surface area (Å²) < 4.78 is 15.4. The molecular weight excluding hydrogens is 242 g/mol. The Hall–Kier alpha value is -0.670. The first-order valence-electron chi connectivity index (χ1n) is 5.03. The van der Waals surface area contributed by atoms with Crippen molar-refractivity contribution >= 4 is 28.8 Å². The van der Waals surface area contributed by atoms with Gasteiger partial charge in [-0.15, -0.1) is 0 Å². The van der Waals surface area contributed by atoms with Crippen LogP contribution in [0.5, 0.6) is 0 Å². The molecule has 0 saturated carbocycles. The molecule has 0 aliphatic carbocycles. The number of hydrogen-bond donors (Lipinski definition) is 0. The third kappa shape index (κ3) is 3.72. The second kappa shape index (κ2) is 5.11. The molecule has 4 heteroatoms. The minimum atomic E-state index is -1.21. The standard InChI is InChI=1S/C12H16ClNOS/c1-9-7-11(13)6-5-10(9)8-14-16(15)12(2,3)4/h5-8H,1-4H3/t16-/m1/s1. The zero-order chi connectivity index (χ0) is 12.3. The van der Waals surface area contributed by atoms with Crippen LogP contribution in [0.1, 0.15) is 31.9 Å². The van der Waals surface area contributed by atoms with Crippen LogP contribution in [0, 0.1) is 6.92 Å². The maximum absolute atomic E-state index is 11.7. The van der Waals surface area contributed by atoms with Crippen LogP contribution in [0.2, 0.25) is 5.02 Å². The third-order valence-corrected chi connectivity index (χ3v) is 3.62. The van der Waals surface area contributed by atoms with Crippen molar-refractivity contribution in [1.29, 1.82) is 0 Å². The predicted molar refractivity (Wildman–Crippen MR) is 71.7 cm³/mol. The summed E-state index contributed by atoms with van der Waals surface area (Å²) in [6.45, 7) is 7.65. The molecule has 0 aromatic heterocycles. The van der Waals surface area contributed by atoms with Crippen molar-refractivity contribution in [3.63, 3.8) is 0 Å². The highest BCUT2D eigenvalue weighted by molar-refractivity contribution is 7.85. The van der Waals surface area contributed by atoms with Gasteiger partial charge in [0.25, 0.3) is 0 Å². The molecule has 1 aromatic rings. The van der Waals surface area contributed by atoms with Gasteiger partial charge < -0.3 is 0 Å². The molecule has 2 nitrogen and oxygen atoms in total. The lowest BCUT2D eigenvalue weighted by Crippen LogP contribution is -2.19. The molecular formula is C12H16ClNOS. The van der Waals surface area contributed by atoms with E-state index in [0.29, 0.717) is 5.02 Å². The molecule has 0 heterocycles. The lowest BCUT2D eigenvalue weighted by molar-refractivity contribution is 0.651. The van der Waals surface area contributed by atoms with Crippen molar-refractivity contribution in [2.45, 2.75) is 32.4 Å². The van der Waals surface area contributed by atoms with Gasteiger partial charge in [0.15, 0.2) is 0 Å². The number of benzene rings is 1. The highest BCUT2D eigenvalue weighted by Crippen LogP contribution is 2.15. The van der Waals surface area contributed by atoms with Crippen LogP contribution in [0.15, 0.2) is 22.6 Å². The van der Waals surface area contributed by atoms with E-state index in [2.05, 4.69) is 4.40 Å². The third-order valence-electron chi connectivity index (χ3n) is 2.04. The van der Waals surface area contributed by atoms with Crippen molar-refractivity contribution in [2.75, 3.05) is 0 Å². The Morgan fingerprint density at radius 3 is 2.50 bits per heavy atom. The molecule has 1 rings (SSSR count). The second-order valence-corrected chi connectivity index (χ2v) is 6.97. The van der Waals surface area contributed by atoms with Gasteiger partial charge in [-0.2, -0.15) is 4.40 Å². The summed E-state index contributed by atoms with van der Waals surface area (Å²) in [6.07, 6.45) is 1.65. The Labute approximate surface area is 104 Å². The maximum atomic E-state index is 11.7. The van der Waals surface area contributed by atoms with Gasteiger partial charge >= 0.3 is 0 Å². The Morgan fingerprint density at radius 1 is 1.38 bits per heavy atom. The van der Waals surface area contributed by atoms with Gasteiger partial charge in [0.1, 0.15) is 11.0 Å². The average molecular weight is 258 g/mol. The summed E-state index contributed by atoms with van der Waals surface area (Å²) >= 11 is 5.85. The maximum Gasteiger partial charge on any atom is 0.144 e.